The summed E-state index contributed by atoms with van der Waals surface area (Å²) in [6.45, 7) is 4.50. The first kappa shape index (κ1) is 18.8. The van der Waals surface area contributed by atoms with E-state index in [1.165, 1.54) is 16.0 Å². The average molecular weight is 373 g/mol. The van der Waals surface area contributed by atoms with E-state index in [0.29, 0.717) is 18.4 Å². The Bertz CT molecular complexity index is 808. The third-order valence-electron chi connectivity index (χ3n) is 4.49. The van der Waals surface area contributed by atoms with Crippen molar-refractivity contribution in [3.05, 3.63) is 71.4 Å². The third kappa shape index (κ3) is 4.61. The number of rotatable bonds is 8. The van der Waals surface area contributed by atoms with Crippen LogP contribution < -0.4 is 9.42 Å². The Balaban J connectivity index is 1.67. The molecule has 2 unspecified atom stereocenters. The molecule has 0 aromatic heterocycles. The second-order valence-corrected chi connectivity index (χ2v) is 8.17. The van der Waals surface area contributed by atoms with E-state index in [4.69, 9.17) is 9.05 Å². The lowest BCUT2D eigenvalue weighted by Crippen LogP contribution is -3.11. The second kappa shape index (κ2) is 8.63. The summed E-state index contributed by atoms with van der Waals surface area (Å²) >= 11 is 0. The number of hydrogen-bond donors (Lipinski definition) is 1. The van der Waals surface area contributed by atoms with Gasteiger partial charge in [0.05, 0.1) is 18.7 Å². The molecule has 0 fully saturated rings. The minimum Gasteiger partial charge on any atom is -0.444 e. The summed E-state index contributed by atoms with van der Waals surface area (Å²) in [7, 11) is -3.44. The Hall–Kier alpha value is -1.94. The maximum atomic E-state index is 13.1. The molecule has 1 aliphatic heterocycles. The van der Waals surface area contributed by atoms with E-state index in [0.717, 1.165) is 19.5 Å². The van der Waals surface area contributed by atoms with Gasteiger partial charge in [-0.1, -0.05) is 36.4 Å². The molecule has 0 bridgehead atoms. The molecule has 0 saturated heterocycles. The van der Waals surface area contributed by atoms with Gasteiger partial charge < -0.3 is 13.9 Å². The number of fused-ring (bicyclic) bond motifs is 1. The highest BCUT2D eigenvalue weighted by Gasteiger charge is 2.22. The highest BCUT2D eigenvalue weighted by molar-refractivity contribution is 7.56. The molecule has 0 radical (unpaired) electrons. The largest absolute Gasteiger partial charge is 0.444 e. The van der Waals surface area contributed by atoms with Crippen molar-refractivity contribution < 1.29 is 23.3 Å². The first-order valence-corrected chi connectivity index (χ1v) is 10.5. The van der Waals surface area contributed by atoms with Gasteiger partial charge in [-0.25, -0.2) is 0 Å². The van der Waals surface area contributed by atoms with Crippen LogP contribution in [0.2, 0.25) is 0 Å². The Morgan fingerprint density at radius 1 is 1.15 bits per heavy atom. The zero-order valence-corrected chi connectivity index (χ0v) is 15.8. The fraction of sp³-hybridized carbons (Fsp3) is 0.300. The number of hydrogen-bond acceptors (Lipinski definition) is 4. The van der Waals surface area contributed by atoms with Crippen LogP contribution in [0.5, 0.6) is 5.75 Å². The number of carbonyl (C=O) groups is 1. The number of benzene rings is 2. The Morgan fingerprint density at radius 2 is 1.88 bits per heavy atom. The molecule has 3 rings (SSSR count). The van der Waals surface area contributed by atoms with Crippen LogP contribution in [0.25, 0.3) is 0 Å². The highest BCUT2D eigenvalue weighted by atomic mass is 31.2. The molecule has 2 aromatic carbocycles. The minimum atomic E-state index is -3.44. The molecule has 6 heteroatoms. The van der Waals surface area contributed by atoms with Crippen molar-refractivity contribution in [2.75, 3.05) is 19.7 Å². The SMILES string of the molecule is CCOP(=O)([CH-]C[NH+]1CCc2ccccc2C1)Oc1ccccc1C=O. The topological polar surface area (TPSA) is 57.0 Å². The van der Waals surface area contributed by atoms with Gasteiger partial charge in [-0.05, 0) is 31.2 Å². The zero-order valence-electron chi connectivity index (χ0n) is 14.9. The van der Waals surface area contributed by atoms with E-state index >= 15 is 0 Å². The van der Waals surface area contributed by atoms with Crippen molar-refractivity contribution in [3.8, 4) is 5.75 Å². The molecule has 26 heavy (non-hydrogen) atoms. The summed E-state index contributed by atoms with van der Waals surface area (Å²) < 4.78 is 24.2. The van der Waals surface area contributed by atoms with Gasteiger partial charge in [0.1, 0.15) is 12.3 Å². The van der Waals surface area contributed by atoms with Crippen molar-refractivity contribution in [2.45, 2.75) is 19.9 Å². The van der Waals surface area contributed by atoms with Gasteiger partial charge >= 0.3 is 0 Å². The van der Waals surface area contributed by atoms with Crippen LogP contribution in [-0.2, 0) is 22.1 Å². The lowest BCUT2D eigenvalue weighted by atomic mass is 10.0. The van der Waals surface area contributed by atoms with Gasteiger partial charge in [0.25, 0.3) is 0 Å². The van der Waals surface area contributed by atoms with E-state index in [1.54, 1.807) is 37.4 Å². The Morgan fingerprint density at radius 3 is 2.65 bits per heavy atom. The number of carbonyl (C=O) groups excluding carboxylic acids is 1. The van der Waals surface area contributed by atoms with Crippen LogP contribution in [-0.4, -0.2) is 26.0 Å². The van der Waals surface area contributed by atoms with E-state index in [-0.39, 0.29) is 12.4 Å². The predicted molar refractivity (Wildman–Crippen MR) is 101 cm³/mol. The predicted octanol–water partition coefficient (Wildman–Crippen LogP) is 2.91. The van der Waals surface area contributed by atoms with Crippen molar-refractivity contribution in [3.63, 3.8) is 0 Å². The second-order valence-electron chi connectivity index (χ2n) is 6.29. The maximum absolute atomic E-state index is 13.1. The fourth-order valence-electron chi connectivity index (χ4n) is 3.15. The quantitative estimate of drug-likeness (QED) is 0.439. The lowest BCUT2D eigenvalue weighted by Gasteiger charge is -2.32. The molecule has 0 aliphatic carbocycles. The van der Waals surface area contributed by atoms with E-state index in [1.807, 2.05) is 0 Å². The first-order chi connectivity index (χ1) is 12.6. The minimum absolute atomic E-state index is 0.273. The molecule has 1 N–H and O–H groups in total. The van der Waals surface area contributed by atoms with Crippen LogP contribution in [0.15, 0.2) is 48.5 Å². The average Bonchev–Trinajstić information content (AvgIpc) is 2.67. The number of nitrogens with one attached hydrogen (secondary N) is 1. The van der Waals surface area contributed by atoms with Gasteiger partial charge in [-0.2, -0.15) is 0 Å². The molecule has 0 spiro atoms. The monoisotopic (exact) mass is 373 g/mol. The van der Waals surface area contributed by atoms with Crippen LogP contribution in [0.4, 0.5) is 0 Å². The number of aldehydes is 1. The molecule has 0 saturated carbocycles. The Labute approximate surface area is 154 Å². The summed E-state index contributed by atoms with van der Waals surface area (Å²) in [5, 5.41) is 0. The van der Waals surface area contributed by atoms with Crippen molar-refractivity contribution in [1.29, 1.82) is 0 Å². The molecule has 138 valence electrons. The van der Waals surface area contributed by atoms with Gasteiger partial charge in [-0.3, -0.25) is 9.36 Å². The third-order valence-corrected chi connectivity index (χ3v) is 6.19. The standard InChI is InChI=1S/C20H23NO4P/c1-2-24-26(23,25-20-10-6-5-9-19(20)16-22)14-13-21-12-11-17-7-3-4-8-18(17)15-21/h3-10,14,16H,2,11-13,15H2,1H3/q-1/p+1. The first-order valence-electron chi connectivity index (χ1n) is 8.86. The van der Waals surface area contributed by atoms with Gasteiger partial charge in [0, 0.05) is 12.0 Å². The lowest BCUT2D eigenvalue weighted by molar-refractivity contribution is -0.911. The van der Waals surface area contributed by atoms with Crippen LogP contribution in [0.1, 0.15) is 28.4 Å². The van der Waals surface area contributed by atoms with Gasteiger partial charge in [-0.15, -0.1) is 6.16 Å². The van der Waals surface area contributed by atoms with Crippen molar-refractivity contribution in [1.82, 2.24) is 0 Å². The molecule has 5 nitrogen and oxygen atoms in total. The smallest absolute Gasteiger partial charge is 0.240 e. The molecule has 2 aromatic rings. The fourth-order valence-corrected chi connectivity index (χ4v) is 4.67. The summed E-state index contributed by atoms with van der Waals surface area (Å²) in [6.07, 6.45) is 3.34. The van der Waals surface area contributed by atoms with Crippen LogP contribution in [0, 0.1) is 6.16 Å². The van der Waals surface area contributed by atoms with E-state index in [2.05, 4.69) is 24.3 Å². The number of quaternary nitrogens is 1. The van der Waals surface area contributed by atoms with Crippen molar-refractivity contribution in [2.24, 2.45) is 0 Å². The molecule has 2 atom stereocenters. The summed E-state index contributed by atoms with van der Waals surface area (Å²) in [4.78, 5) is 12.5. The summed E-state index contributed by atoms with van der Waals surface area (Å²) in [5.41, 5.74) is 3.08. The molecular weight excluding hydrogens is 349 g/mol. The molecule has 1 heterocycles. The highest BCUT2D eigenvalue weighted by Crippen LogP contribution is 2.51. The van der Waals surface area contributed by atoms with Crippen LogP contribution in [0.3, 0.4) is 0 Å². The Kier molecular flexibility index (Phi) is 6.25. The van der Waals surface area contributed by atoms with Gasteiger partial charge in [0.2, 0.25) is 7.60 Å². The molecule has 0 amide bonds. The van der Waals surface area contributed by atoms with Crippen molar-refractivity contribution >= 4 is 13.9 Å². The maximum Gasteiger partial charge on any atom is 0.240 e. The summed E-state index contributed by atoms with van der Waals surface area (Å²) in [5.74, 6) is 0.287. The molecule has 1 aliphatic rings. The molecular formula is C20H24NO4P. The number of para-hydroxylation sites is 1. The van der Waals surface area contributed by atoms with E-state index in [9.17, 15) is 9.36 Å². The summed E-state index contributed by atoms with van der Waals surface area (Å²) in [6, 6.07) is 15.2. The van der Waals surface area contributed by atoms with E-state index < -0.39 is 7.60 Å². The van der Waals surface area contributed by atoms with Gasteiger partial charge in [0.15, 0.2) is 6.29 Å². The van der Waals surface area contributed by atoms with Crippen LogP contribution >= 0.6 is 7.60 Å². The zero-order chi connectivity index (χ0) is 18.4. The normalized spacial score (nSPS) is 18.6.